The van der Waals surface area contributed by atoms with Crippen molar-refractivity contribution in [3.05, 3.63) is 12.3 Å². The fraction of sp³-hybridized carbons (Fsp3) is 0.600. The summed E-state index contributed by atoms with van der Waals surface area (Å²) in [6.07, 6.45) is 6.88. The van der Waals surface area contributed by atoms with Crippen molar-refractivity contribution in [1.29, 1.82) is 0 Å². The van der Waals surface area contributed by atoms with E-state index in [0.717, 1.165) is 19.4 Å². The summed E-state index contributed by atoms with van der Waals surface area (Å²) < 4.78 is 4.76. The second-order valence-corrected chi connectivity index (χ2v) is 1.31. The zero-order valence-corrected chi connectivity index (χ0v) is 8.42. The smallest absolute Gasteiger partial charge is 0.156 e. The van der Waals surface area contributed by atoms with E-state index in [9.17, 15) is 0 Å². The Labute approximate surface area is 68.7 Å². The summed E-state index contributed by atoms with van der Waals surface area (Å²) in [4.78, 5) is 0. The average Bonchev–Trinajstić information content (AvgIpc) is 1.72. The topological polar surface area (TPSA) is 9.23 Å². The summed E-state index contributed by atoms with van der Waals surface area (Å²) in [6.45, 7) is 0.858. The summed E-state index contributed by atoms with van der Waals surface area (Å²) in [5.41, 5.74) is 0. The molecule has 1 aliphatic heterocycles. The largest absolute Gasteiger partial charge is 1.00 e. The standard InChI is InChI=1S/C5H7O.ClH.Zn/c1-2-4-6-5-3-1;;/h2H,1,3,5H2;1H;/p-1. The maximum Gasteiger partial charge on any atom is 0.156 e. The van der Waals surface area contributed by atoms with Crippen LogP contribution in [0.2, 0.25) is 0 Å². The first-order chi connectivity index (χ1) is 3.00. The third kappa shape index (κ3) is 4.61. The zero-order chi connectivity index (χ0) is 4.24. The molecule has 0 spiro atoms. The Kier molecular flexibility index (Phi) is 10.5. The van der Waals surface area contributed by atoms with Gasteiger partial charge in [-0.2, -0.15) is 0 Å². The molecule has 3 heteroatoms. The van der Waals surface area contributed by atoms with Crippen LogP contribution in [-0.4, -0.2) is 6.61 Å². The number of rotatable bonds is 0. The van der Waals surface area contributed by atoms with Crippen molar-refractivity contribution in [2.24, 2.45) is 0 Å². The molecule has 0 aromatic heterocycles. The second kappa shape index (κ2) is 7.45. The predicted molar refractivity (Wildman–Crippen MR) is 23.0 cm³/mol. The minimum absolute atomic E-state index is 0. The maximum absolute atomic E-state index is 4.76. The number of halogens is 1. The van der Waals surface area contributed by atoms with Gasteiger partial charge in [0.2, 0.25) is 0 Å². The Morgan fingerprint density at radius 1 is 1.50 bits per heavy atom. The summed E-state index contributed by atoms with van der Waals surface area (Å²) in [7, 11) is 0. The van der Waals surface area contributed by atoms with E-state index in [-0.39, 0.29) is 31.9 Å². The van der Waals surface area contributed by atoms with E-state index in [1.807, 2.05) is 6.08 Å². The predicted octanol–water partition coefficient (Wildman–Crippen LogP) is -1.88. The molecular weight excluding hydrogens is 177 g/mol. The molecule has 1 rings (SSSR count). The Hall–Kier alpha value is 0.453. The molecule has 1 aliphatic rings. The molecule has 1 heterocycles. The first-order valence-corrected chi connectivity index (χ1v) is 2.19. The summed E-state index contributed by atoms with van der Waals surface area (Å²) in [5.74, 6) is 0. The molecule has 0 fully saturated rings. The van der Waals surface area contributed by atoms with Crippen molar-refractivity contribution in [2.45, 2.75) is 12.8 Å². The van der Waals surface area contributed by atoms with Gasteiger partial charge in [-0.15, -0.1) is 0 Å². The Morgan fingerprint density at radius 3 is 2.38 bits per heavy atom. The minimum atomic E-state index is 0. The molecule has 0 aromatic rings. The molecule has 0 atom stereocenters. The van der Waals surface area contributed by atoms with Gasteiger partial charge in [0.1, 0.15) is 0 Å². The molecule has 43 valence electrons. The van der Waals surface area contributed by atoms with E-state index >= 15 is 0 Å². The van der Waals surface area contributed by atoms with Crippen molar-refractivity contribution in [3.8, 4) is 0 Å². The van der Waals surface area contributed by atoms with Crippen LogP contribution in [-0.2, 0) is 24.2 Å². The van der Waals surface area contributed by atoms with Crippen LogP contribution < -0.4 is 12.4 Å². The Morgan fingerprint density at radius 2 is 2.25 bits per heavy atom. The van der Waals surface area contributed by atoms with Gasteiger partial charge in [0.15, 0.2) is 6.26 Å². The monoisotopic (exact) mass is 182 g/mol. The van der Waals surface area contributed by atoms with Gasteiger partial charge in [-0.3, -0.25) is 0 Å². The fourth-order valence-electron chi connectivity index (χ4n) is 0.434. The van der Waals surface area contributed by atoms with E-state index in [1.165, 1.54) is 0 Å². The van der Waals surface area contributed by atoms with Crippen molar-refractivity contribution < 1.29 is 36.6 Å². The molecule has 0 aromatic carbocycles. The Balaban J connectivity index is 0. The molecule has 0 N–H and O–H groups in total. The van der Waals surface area contributed by atoms with Gasteiger partial charge < -0.3 is 17.1 Å². The third-order valence-electron chi connectivity index (χ3n) is 0.762. The fourth-order valence-corrected chi connectivity index (χ4v) is 0.434. The van der Waals surface area contributed by atoms with Gasteiger partial charge in [0.25, 0.3) is 0 Å². The van der Waals surface area contributed by atoms with Crippen LogP contribution in [0, 0.1) is 6.26 Å². The molecule has 0 saturated heterocycles. The Bertz CT molecular complexity index is 57.4. The molecule has 1 radical (unpaired) electrons. The third-order valence-corrected chi connectivity index (χ3v) is 0.762. The average molecular weight is 184 g/mol. The number of hydrogen-bond donors (Lipinski definition) is 0. The molecule has 0 amide bonds. The molecule has 8 heavy (non-hydrogen) atoms. The van der Waals surface area contributed by atoms with Crippen LogP contribution in [0.4, 0.5) is 0 Å². The SMILES string of the molecule is [C]1=CCCCO1.[Cl-].[Zn]. The normalized spacial score (nSPS) is 15.0. The summed E-state index contributed by atoms with van der Waals surface area (Å²) in [6, 6.07) is 0. The molecular formula is C5H7ClOZn-. The van der Waals surface area contributed by atoms with E-state index in [2.05, 4.69) is 6.26 Å². The molecule has 1 nitrogen and oxygen atoms in total. The van der Waals surface area contributed by atoms with Gasteiger partial charge in [0, 0.05) is 19.5 Å². The second-order valence-electron chi connectivity index (χ2n) is 1.31. The van der Waals surface area contributed by atoms with Gasteiger partial charge in [-0.25, -0.2) is 0 Å². The molecule has 0 aliphatic carbocycles. The van der Waals surface area contributed by atoms with Crippen LogP contribution in [0.3, 0.4) is 0 Å². The van der Waals surface area contributed by atoms with E-state index in [1.54, 1.807) is 0 Å². The molecule has 0 saturated carbocycles. The van der Waals surface area contributed by atoms with Crippen LogP contribution >= 0.6 is 0 Å². The van der Waals surface area contributed by atoms with Crippen LogP contribution in [0.1, 0.15) is 12.8 Å². The van der Waals surface area contributed by atoms with Crippen LogP contribution in [0.5, 0.6) is 0 Å². The first-order valence-electron chi connectivity index (χ1n) is 2.19. The summed E-state index contributed by atoms with van der Waals surface area (Å²) in [5, 5.41) is 0. The quantitative estimate of drug-likeness (QED) is 0.400. The van der Waals surface area contributed by atoms with Crippen LogP contribution in [0.25, 0.3) is 0 Å². The van der Waals surface area contributed by atoms with Crippen molar-refractivity contribution in [2.75, 3.05) is 6.61 Å². The summed E-state index contributed by atoms with van der Waals surface area (Å²) >= 11 is 0. The molecule has 0 bridgehead atoms. The van der Waals surface area contributed by atoms with Crippen molar-refractivity contribution >= 4 is 0 Å². The van der Waals surface area contributed by atoms with Crippen LogP contribution in [0.15, 0.2) is 6.08 Å². The van der Waals surface area contributed by atoms with Crippen molar-refractivity contribution in [3.63, 3.8) is 0 Å². The number of hydrogen-bond acceptors (Lipinski definition) is 1. The van der Waals surface area contributed by atoms with E-state index < -0.39 is 0 Å². The van der Waals surface area contributed by atoms with Crippen molar-refractivity contribution in [1.82, 2.24) is 0 Å². The van der Waals surface area contributed by atoms with Gasteiger partial charge >= 0.3 is 0 Å². The first kappa shape index (κ1) is 11.3. The number of ether oxygens (including phenoxy) is 1. The van der Waals surface area contributed by atoms with E-state index in [0.29, 0.717) is 0 Å². The zero-order valence-electron chi connectivity index (χ0n) is 4.69. The number of allylic oxidation sites excluding steroid dienone is 1. The maximum atomic E-state index is 4.76. The van der Waals surface area contributed by atoms with Gasteiger partial charge in [-0.05, 0) is 18.9 Å². The molecule has 0 unspecified atom stereocenters. The van der Waals surface area contributed by atoms with E-state index in [4.69, 9.17) is 4.74 Å². The minimum Gasteiger partial charge on any atom is -1.00 e. The van der Waals surface area contributed by atoms with Gasteiger partial charge in [0.05, 0.1) is 6.61 Å². The van der Waals surface area contributed by atoms with Gasteiger partial charge in [-0.1, -0.05) is 0 Å².